The Morgan fingerprint density at radius 3 is 2.07 bits per heavy atom. The maximum atomic E-state index is 15.4. The number of imide groups is 1. The topological polar surface area (TPSA) is 491 Å². The molecule has 1 aromatic carbocycles. The number of nitrogens with zero attached hydrogens (tertiary/aromatic N) is 2. The molecule has 0 saturated carbocycles. The molecule has 546 valence electrons. The van der Waals surface area contributed by atoms with Crippen molar-refractivity contribution in [2.75, 3.05) is 124 Å². The SMILES string of the molecule is CC[C@H](C)[C@@H]1NC(=O)CCNC(=O)[C@@H]2Cc3c([nH]c4c(CSCCOCCOCCOCCOCCOCCN/C=C(\N)CN5C(=O)CC(C)C5=O)c(OC)ccc34)S(=O)C[C@@H](NC(=O)CNC1=O)C(=O)N[C@@H](CC(N)=O)C(=O)N1C[C@H](O)C[C@H]1C(=O)N[C@@H]([C@@H](C)[C@@H](O)CO)C(=O)N2. The second-order valence-electron chi connectivity index (χ2n) is 24.1. The molecule has 36 heteroatoms. The predicted octanol–water partition coefficient (Wildman–Crippen LogP) is -5.13. The fourth-order valence-electron chi connectivity index (χ4n) is 11.2. The number of ether oxygens (including phenoxy) is 6. The predicted molar refractivity (Wildman–Crippen MR) is 353 cm³/mol. The molecule has 2 bridgehead atoms. The molecule has 0 spiro atoms. The van der Waals surface area contributed by atoms with E-state index in [-0.39, 0.29) is 66.8 Å². The summed E-state index contributed by atoms with van der Waals surface area (Å²) in [5.41, 5.74) is 12.9. The van der Waals surface area contributed by atoms with Gasteiger partial charge in [-0.05, 0) is 23.6 Å². The van der Waals surface area contributed by atoms with Crippen molar-refractivity contribution in [1.82, 2.24) is 57.3 Å². The number of likely N-dealkylation sites (tertiary alicyclic amines) is 1. The lowest BCUT2D eigenvalue weighted by molar-refractivity contribution is -0.144. The van der Waals surface area contributed by atoms with Crippen LogP contribution in [0.4, 0.5) is 0 Å². The molecule has 4 aliphatic rings. The number of aromatic nitrogens is 1. The number of nitrogens with one attached hydrogen (secondary N) is 9. The summed E-state index contributed by atoms with van der Waals surface area (Å²) in [6.45, 7) is 7.62. The number of carbonyl (C=O) groups excluding carboxylic acids is 11. The Morgan fingerprint density at radius 2 is 1.45 bits per heavy atom. The standard InChI is InChI=1S/C62H95N13O21S2/c1-6-34(2)52-58(86)67-28-50(81)68-44-33-98(90)60-40(25-42(55(83)66-10-9-49(80)71-52)69-59(87)53(36(4)46(78)31-76)72-57(85)45-24-38(77)30-74(45)62(89)43(26-48(64)79)70-56(44)84)39-7-8-47(91-5)41(54(39)73-60)32-97-22-21-96-20-19-95-18-17-94-16-15-93-14-13-92-12-11-65-27-37(63)29-75-51(82)23-35(3)61(75)88/h7-8,27,34-36,38,42-46,52-53,65,73,76-78H,6,9-26,28-33,63H2,1-5H3,(H2,64,79)(H,66,83)(H,67,86)(H,68,81)(H,69,87)(H,70,84)(H,71,80)(H,72,85)/b37-27-/t34-,35?,36-,38+,42-,43-,44+,45-,46-,52-,53-,98?/m0/s1. The molecular formula is C62H95N13O21S2. The van der Waals surface area contributed by atoms with Gasteiger partial charge in [-0.3, -0.25) is 61.8 Å². The van der Waals surface area contributed by atoms with E-state index in [4.69, 9.17) is 39.9 Å². The number of benzene rings is 1. The van der Waals surface area contributed by atoms with Crippen molar-refractivity contribution in [2.45, 2.75) is 125 Å². The highest BCUT2D eigenvalue weighted by molar-refractivity contribution is 7.98. The second kappa shape index (κ2) is 39.9. The highest BCUT2D eigenvalue weighted by Crippen LogP contribution is 2.36. The van der Waals surface area contributed by atoms with E-state index in [2.05, 4.69) is 47.5 Å². The summed E-state index contributed by atoms with van der Waals surface area (Å²) in [6, 6.07) is -6.77. The number of carbonyl (C=O) groups is 11. The van der Waals surface area contributed by atoms with Crippen LogP contribution in [0.25, 0.3) is 10.9 Å². The van der Waals surface area contributed by atoms with Gasteiger partial charge in [-0.2, -0.15) is 11.8 Å². The van der Waals surface area contributed by atoms with Gasteiger partial charge in [0.1, 0.15) is 47.0 Å². The van der Waals surface area contributed by atoms with Crippen molar-refractivity contribution in [1.29, 1.82) is 0 Å². The number of methoxy groups -OCH3 is 1. The quantitative estimate of drug-likeness (QED) is 0.0248. The lowest BCUT2D eigenvalue weighted by Crippen LogP contribution is -2.61. The number of rotatable bonds is 31. The van der Waals surface area contributed by atoms with Gasteiger partial charge in [0, 0.05) is 91.5 Å². The molecule has 16 N–H and O–H groups in total. The molecule has 12 atom stereocenters. The van der Waals surface area contributed by atoms with Crippen molar-refractivity contribution in [2.24, 2.45) is 29.2 Å². The van der Waals surface area contributed by atoms with E-state index in [9.17, 15) is 68.1 Å². The number of hydrogen-bond donors (Lipinski definition) is 14. The van der Waals surface area contributed by atoms with E-state index in [1.165, 1.54) is 25.8 Å². The number of primary amides is 1. The third-order valence-electron chi connectivity index (χ3n) is 16.8. The van der Waals surface area contributed by atoms with Crippen LogP contribution in [-0.4, -0.2) is 272 Å². The number of aliphatic hydroxyl groups excluding tert-OH is 3. The molecule has 2 aromatic rings. The van der Waals surface area contributed by atoms with Gasteiger partial charge in [0.25, 0.3) is 0 Å². The lowest BCUT2D eigenvalue weighted by atomic mass is 9.93. The minimum Gasteiger partial charge on any atom is -0.496 e. The molecule has 2 saturated heterocycles. The summed E-state index contributed by atoms with van der Waals surface area (Å²) >= 11 is 1.44. The summed E-state index contributed by atoms with van der Waals surface area (Å²) in [7, 11) is -1.00. The first-order valence-corrected chi connectivity index (χ1v) is 35.0. The van der Waals surface area contributed by atoms with Crippen molar-refractivity contribution >= 4 is 98.4 Å². The van der Waals surface area contributed by atoms with E-state index in [1.54, 1.807) is 39.1 Å². The second-order valence-corrected chi connectivity index (χ2v) is 26.7. The number of fused-ring (bicyclic) bond motifs is 5. The summed E-state index contributed by atoms with van der Waals surface area (Å²) in [4.78, 5) is 156. The zero-order valence-corrected chi connectivity index (χ0v) is 57.4. The summed E-state index contributed by atoms with van der Waals surface area (Å²) < 4.78 is 49.4. The van der Waals surface area contributed by atoms with Gasteiger partial charge >= 0.3 is 0 Å². The number of nitrogens with two attached hydrogens (primary N) is 2. The Hall–Kier alpha value is -7.55. The Balaban J connectivity index is 1.17. The van der Waals surface area contributed by atoms with Crippen molar-refractivity contribution in [3.05, 3.63) is 35.2 Å². The minimum absolute atomic E-state index is 0.0386. The molecule has 98 heavy (non-hydrogen) atoms. The fraction of sp³-hybridized carbons (Fsp3) is 0.661. The van der Waals surface area contributed by atoms with Gasteiger partial charge in [-0.1, -0.05) is 34.1 Å². The van der Waals surface area contributed by atoms with E-state index in [1.807, 2.05) is 0 Å². The number of hydrogen-bond acceptors (Lipinski definition) is 24. The molecule has 34 nitrogen and oxygen atoms in total. The smallest absolute Gasteiger partial charge is 0.246 e. The number of aromatic amines is 1. The number of H-pyrrole nitrogens is 1. The average molecular weight is 1420 g/mol. The first-order chi connectivity index (χ1) is 46.9. The third kappa shape index (κ3) is 23.3. The number of amides is 11. The van der Waals surface area contributed by atoms with Crippen LogP contribution in [-0.2, 0) is 99.4 Å². The lowest BCUT2D eigenvalue weighted by Gasteiger charge is -2.32. The maximum Gasteiger partial charge on any atom is 0.246 e. The van der Waals surface area contributed by atoms with Crippen LogP contribution in [0.1, 0.15) is 70.9 Å². The van der Waals surface area contributed by atoms with E-state index in [0.717, 1.165) is 9.80 Å². The minimum atomic E-state index is -2.44. The van der Waals surface area contributed by atoms with Gasteiger partial charge in [-0.25, -0.2) is 0 Å². The summed E-state index contributed by atoms with van der Waals surface area (Å²) in [5.74, 6) is -11.3. The molecule has 5 heterocycles. The Morgan fingerprint density at radius 1 is 0.786 bits per heavy atom. The molecule has 0 aliphatic carbocycles. The van der Waals surface area contributed by atoms with Crippen LogP contribution < -0.4 is 58.7 Å². The van der Waals surface area contributed by atoms with Crippen LogP contribution >= 0.6 is 11.8 Å². The zero-order chi connectivity index (χ0) is 71.6. The molecule has 0 radical (unpaired) electrons. The van der Waals surface area contributed by atoms with Gasteiger partial charge in [0.2, 0.25) is 65.0 Å². The normalized spacial score (nSPS) is 24.7. The molecule has 11 amide bonds. The molecule has 2 unspecified atom stereocenters. The molecular weight excluding hydrogens is 1330 g/mol. The number of aliphatic hydroxyl groups is 3. The summed E-state index contributed by atoms with van der Waals surface area (Å²) in [6.07, 6.45) is -3.12. The molecule has 6 rings (SSSR count). The highest BCUT2D eigenvalue weighted by atomic mass is 32.2. The van der Waals surface area contributed by atoms with E-state index < -0.39 is 175 Å². The van der Waals surface area contributed by atoms with Gasteiger partial charge < -0.3 is 108 Å². The Kier molecular flexibility index (Phi) is 32.3. The fourth-order valence-corrected chi connectivity index (χ4v) is 13.4. The van der Waals surface area contributed by atoms with E-state index in [0.29, 0.717) is 99.5 Å². The van der Waals surface area contributed by atoms with Crippen LogP contribution in [0, 0.1) is 17.8 Å². The highest BCUT2D eigenvalue weighted by Gasteiger charge is 2.45. The van der Waals surface area contributed by atoms with Gasteiger partial charge in [0.05, 0.1) is 134 Å². The maximum absolute atomic E-state index is 15.4. The first kappa shape index (κ1) is 79.4. The van der Waals surface area contributed by atoms with Crippen LogP contribution in [0.15, 0.2) is 29.1 Å². The largest absolute Gasteiger partial charge is 0.496 e. The Bertz CT molecular complexity index is 3180. The first-order valence-electron chi connectivity index (χ1n) is 32.6. The number of thioether (sulfide) groups is 1. The van der Waals surface area contributed by atoms with E-state index >= 15 is 4.21 Å². The molecule has 1 aromatic heterocycles. The molecule has 2 fully saturated rings. The van der Waals surface area contributed by atoms with Gasteiger partial charge in [0.15, 0.2) is 0 Å². The average Bonchev–Trinajstić information content (AvgIpc) is 1.61. The monoisotopic (exact) mass is 1420 g/mol. The molecule has 4 aliphatic heterocycles. The van der Waals surface area contributed by atoms with Crippen LogP contribution in [0.5, 0.6) is 5.75 Å². The van der Waals surface area contributed by atoms with Crippen molar-refractivity contribution in [3.63, 3.8) is 0 Å². The van der Waals surface area contributed by atoms with Crippen LogP contribution in [0.2, 0.25) is 0 Å². The third-order valence-corrected chi connectivity index (χ3v) is 19.2. The van der Waals surface area contributed by atoms with Gasteiger partial charge in [-0.15, -0.1) is 0 Å². The van der Waals surface area contributed by atoms with Crippen LogP contribution in [0.3, 0.4) is 0 Å². The van der Waals surface area contributed by atoms with Crippen molar-refractivity contribution < 1.29 is 101 Å². The van der Waals surface area contributed by atoms with Crippen molar-refractivity contribution in [3.8, 4) is 5.75 Å². The summed E-state index contributed by atoms with van der Waals surface area (Å²) in [5, 5.41) is 53.1. The Labute approximate surface area is 573 Å². The zero-order valence-electron chi connectivity index (χ0n) is 55.8.